The second kappa shape index (κ2) is 24.9. The highest BCUT2D eigenvalue weighted by Crippen LogP contribution is 2.31. The van der Waals surface area contributed by atoms with Crippen LogP contribution in [0.2, 0.25) is 0 Å². The Morgan fingerprint density at radius 1 is 0.458 bits per heavy atom. The van der Waals surface area contributed by atoms with E-state index in [0.29, 0.717) is 113 Å². The number of nitrogens with one attached hydrogen (secondary N) is 3. The second-order valence-electron chi connectivity index (χ2n) is 17.4. The summed E-state index contributed by atoms with van der Waals surface area (Å²) in [4.78, 5) is 78.6. The SMILES string of the molecule is CC(=O)NC[C@H]1CN(c2ccc(N3CCOCC3)c(F)c2)C(=O)O1.CC(=O)NC[C@H]1CN(c2ccc(N3CCOCC3)c(F)c2)C(=O)O1.CC(=O)NC[C@H]1CN(c2ccc(N3CCOCC3)c(F)c2)C(=O)O1. The van der Waals surface area contributed by atoms with Crippen molar-refractivity contribution in [3.63, 3.8) is 0 Å². The number of hydrogen-bond acceptors (Lipinski definition) is 15. The van der Waals surface area contributed by atoms with Crippen LogP contribution in [0.25, 0.3) is 0 Å². The van der Waals surface area contributed by atoms with Gasteiger partial charge in [0.2, 0.25) is 17.7 Å². The lowest BCUT2D eigenvalue weighted by molar-refractivity contribution is -0.120. The Hall–Kier alpha value is -7.05. The fourth-order valence-electron chi connectivity index (χ4n) is 8.46. The molecule has 3 aromatic rings. The fourth-order valence-corrected chi connectivity index (χ4v) is 8.46. The molecule has 6 aliphatic heterocycles. The summed E-state index contributed by atoms with van der Waals surface area (Å²) in [6.07, 6.45) is -2.94. The smallest absolute Gasteiger partial charge is 0.414 e. The van der Waals surface area contributed by atoms with Crippen LogP contribution in [0.15, 0.2) is 54.6 Å². The van der Waals surface area contributed by atoms with E-state index >= 15 is 0 Å². The molecule has 0 saturated carbocycles. The standard InChI is InChI=1S/3C16H20FN3O4/c3*1-11(21)18-9-13-10-20(16(22)24-13)12-2-3-15(14(17)8-12)19-4-6-23-7-5-19/h3*2-3,8,13H,4-7,9-10H2,1H3,(H,18,21)/t3*13-/m000/s1. The summed E-state index contributed by atoms with van der Waals surface area (Å²) >= 11 is 0. The van der Waals surface area contributed by atoms with Crippen molar-refractivity contribution in [3.05, 3.63) is 72.0 Å². The van der Waals surface area contributed by atoms with Gasteiger partial charge in [0.25, 0.3) is 0 Å². The molecular formula is C48H60F3N9O12. The molecule has 6 aliphatic rings. The van der Waals surface area contributed by atoms with Crippen LogP contribution < -0.4 is 45.3 Å². The van der Waals surface area contributed by atoms with Crippen LogP contribution >= 0.6 is 0 Å². The van der Waals surface area contributed by atoms with Gasteiger partial charge in [-0.05, 0) is 54.6 Å². The molecule has 3 aromatic carbocycles. The van der Waals surface area contributed by atoms with Gasteiger partial charge in [0.1, 0.15) is 35.8 Å². The van der Waals surface area contributed by atoms with Gasteiger partial charge in [-0.15, -0.1) is 0 Å². The van der Waals surface area contributed by atoms with Gasteiger partial charge in [-0.3, -0.25) is 29.1 Å². The van der Waals surface area contributed by atoms with Gasteiger partial charge in [0.15, 0.2) is 0 Å². The van der Waals surface area contributed by atoms with Crippen molar-refractivity contribution in [2.75, 3.05) is 148 Å². The van der Waals surface area contributed by atoms with Gasteiger partial charge in [0.05, 0.1) is 113 Å². The average molecular weight is 1010 g/mol. The van der Waals surface area contributed by atoms with Gasteiger partial charge < -0.3 is 59.1 Å². The van der Waals surface area contributed by atoms with E-state index in [2.05, 4.69) is 16.0 Å². The van der Waals surface area contributed by atoms with E-state index in [1.54, 1.807) is 36.4 Å². The number of carbonyl (C=O) groups excluding carboxylic acids is 6. The summed E-state index contributed by atoms with van der Waals surface area (Å²) in [5.41, 5.74) is 2.85. The summed E-state index contributed by atoms with van der Waals surface area (Å²) in [6.45, 7) is 13.0. The van der Waals surface area contributed by atoms with Crippen LogP contribution in [0.3, 0.4) is 0 Å². The van der Waals surface area contributed by atoms with Crippen LogP contribution in [0.5, 0.6) is 0 Å². The number of amides is 6. The van der Waals surface area contributed by atoms with Crippen LogP contribution in [-0.4, -0.2) is 172 Å². The molecule has 72 heavy (non-hydrogen) atoms. The highest BCUT2D eigenvalue weighted by Gasteiger charge is 2.35. The van der Waals surface area contributed by atoms with Crippen molar-refractivity contribution in [2.24, 2.45) is 0 Å². The molecule has 21 nitrogen and oxygen atoms in total. The number of ether oxygens (including phenoxy) is 6. The molecule has 3 atom stereocenters. The second-order valence-corrected chi connectivity index (χ2v) is 17.4. The van der Waals surface area contributed by atoms with Crippen molar-refractivity contribution >= 4 is 70.1 Å². The Morgan fingerprint density at radius 3 is 0.931 bits per heavy atom. The number of nitrogens with zero attached hydrogens (tertiary/aromatic N) is 6. The van der Waals surface area contributed by atoms with Crippen molar-refractivity contribution in [2.45, 2.75) is 39.1 Å². The fraction of sp³-hybridized carbons (Fsp3) is 0.500. The number of benzene rings is 3. The lowest BCUT2D eigenvalue weighted by Crippen LogP contribution is -2.36. The Bertz CT molecular complexity index is 2160. The molecule has 0 bridgehead atoms. The molecule has 3 N–H and O–H groups in total. The number of anilines is 6. The van der Waals surface area contributed by atoms with Gasteiger partial charge in [0, 0.05) is 60.0 Å². The van der Waals surface area contributed by atoms with Crippen molar-refractivity contribution < 1.29 is 70.4 Å². The molecule has 0 spiro atoms. The van der Waals surface area contributed by atoms with Gasteiger partial charge >= 0.3 is 18.3 Å². The van der Waals surface area contributed by atoms with Crippen molar-refractivity contribution in [1.29, 1.82) is 0 Å². The molecule has 6 amide bonds. The quantitative estimate of drug-likeness (QED) is 0.222. The zero-order chi connectivity index (χ0) is 51.3. The first-order chi connectivity index (χ1) is 34.6. The minimum atomic E-state index is -0.538. The summed E-state index contributed by atoms with van der Waals surface area (Å²) in [5.74, 6) is -1.71. The summed E-state index contributed by atoms with van der Waals surface area (Å²) < 4.78 is 74.7. The lowest BCUT2D eigenvalue weighted by atomic mass is 10.2. The van der Waals surface area contributed by atoms with Crippen LogP contribution in [0.4, 0.5) is 61.7 Å². The first-order valence-corrected chi connectivity index (χ1v) is 23.7. The zero-order valence-corrected chi connectivity index (χ0v) is 40.4. The molecule has 6 fully saturated rings. The molecule has 6 saturated heterocycles. The molecule has 0 aromatic heterocycles. The third-order valence-electron chi connectivity index (χ3n) is 12.1. The minimum absolute atomic E-state index is 0.189. The van der Waals surface area contributed by atoms with Crippen LogP contribution in [-0.2, 0) is 42.8 Å². The maximum absolute atomic E-state index is 14.4. The van der Waals surface area contributed by atoms with Gasteiger partial charge in [-0.1, -0.05) is 0 Å². The predicted molar refractivity (Wildman–Crippen MR) is 257 cm³/mol. The van der Waals surface area contributed by atoms with E-state index in [0.717, 1.165) is 0 Å². The first-order valence-electron chi connectivity index (χ1n) is 23.7. The number of morpholine rings is 3. The maximum atomic E-state index is 14.4. The maximum Gasteiger partial charge on any atom is 0.414 e. The number of carbonyl (C=O) groups is 6. The molecule has 0 aliphatic carbocycles. The summed E-state index contributed by atoms with van der Waals surface area (Å²) in [6, 6.07) is 14.1. The first kappa shape index (κ1) is 52.8. The van der Waals surface area contributed by atoms with E-state index in [4.69, 9.17) is 28.4 Å². The average Bonchev–Trinajstić information content (AvgIpc) is 4.07. The molecule has 0 unspecified atom stereocenters. The molecule has 390 valence electrons. The normalized spacial score (nSPS) is 20.9. The Morgan fingerprint density at radius 2 is 0.708 bits per heavy atom. The minimum Gasteiger partial charge on any atom is -0.442 e. The molecule has 0 radical (unpaired) electrons. The summed E-state index contributed by atoms with van der Waals surface area (Å²) in [7, 11) is 0. The Labute approximate surface area is 414 Å². The van der Waals surface area contributed by atoms with E-state index in [-0.39, 0.29) is 74.4 Å². The highest BCUT2D eigenvalue weighted by molar-refractivity contribution is 5.92. The Kier molecular flexibility index (Phi) is 18.2. The number of halogens is 3. The highest BCUT2D eigenvalue weighted by atomic mass is 19.1. The molecule has 6 heterocycles. The number of hydrogen-bond donors (Lipinski definition) is 3. The van der Waals surface area contributed by atoms with E-state index in [1.165, 1.54) is 53.7 Å². The van der Waals surface area contributed by atoms with Gasteiger partial charge in [-0.25, -0.2) is 27.6 Å². The van der Waals surface area contributed by atoms with Crippen LogP contribution in [0, 0.1) is 17.5 Å². The third kappa shape index (κ3) is 14.1. The number of cyclic esters (lactones) is 3. The van der Waals surface area contributed by atoms with E-state index in [1.807, 2.05) is 14.7 Å². The third-order valence-corrected chi connectivity index (χ3v) is 12.1. The topological polar surface area (TPSA) is 213 Å². The molecule has 9 rings (SSSR count). The van der Waals surface area contributed by atoms with Crippen LogP contribution in [0.1, 0.15) is 20.8 Å². The van der Waals surface area contributed by atoms with Crippen molar-refractivity contribution in [3.8, 4) is 0 Å². The Balaban J connectivity index is 0.000000158. The van der Waals surface area contributed by atoms with Gasteiger partial charge in [-0.2, -0.15) is 0 Å². The van der Waals surface area contributed by atoms with E-state index in [9.17, 15) is 41.9 Å². The van der Waals surface area contributed by atoms with E-state index < -0.39 is 36.6 Å². The zero-order valence-electron chi connectivity index (χ0n) is 40.4. The lowest BCUT2D eigenvalue weighted by Gasteiger charge is -2.29. The number of rotatable bonds is 12. The van der Waals surface area contributed by atoms with Crippen molar-refractivity contribution in [1.82, 2.24) is 16.0 Å². The molecule has 24 heteroatoms. The monoisotopic (exact) mass is 1010 g/mol. The predicted octanol–water partition coefficient (Wildman–Crippen LogP) is 3.37. The molecular weight excluding hydrogens is 952 g/mol. The summed E-state index contributed by atoms with van der Waals surface area (Å²) in [5, 5.41) is 7.82. The largest absolute Gasteiger partial charge is 0.442 e.